The predicted molar refractivity (Wildman–Crippen MR) is 89.6 cm³/mol. The highest BCUT2D eigenvalue weighted by molar-refractivity contribution is 6.03. The predicted octanol–water partition coefficient (Wildman–Crippen LogP) is 1.33. The molecule has 0 fully saturated rings. The summed E-state index contributed by atoms with van der Waals surface area (Å²) in [5.41, 5.74) is 0.751. The molecule has 2 aromatic rings. The van der Waals surface area contributed by atoms with Gasteiger partial charge in [0.1, 0.15) is 0 Å². The van der Waals surface area contributed by atoms with Gasteiger partial charge in [-0.3, -0.25) is 0 Å². The summed E-state index contributed by atoms with van der Waals surface area (Å²) in [7, 11) is 0. The van der Waals surface area contributed by atoms with Crippen molar-refractivity contribution in [3.63, 3.8) is 0 Å². The van der Waals surface area contributed by atoms with Gasteiger partial charge in [-0.1, -0.05) is 0 Å². The van der Waals surface area contributed by atoms with E-state index in [0.717, 1.165) is 0 Å². The lowest BCUT2D eigenvalue weighted by atomic mass is 9.89. The summed E-state index contributed by atoms with van der Waals surface area (Å²) in [6.45, 7) is 3.22. The molecular weight excluding hydrogens is 344 g/mol. The normalized spacial score (nSPS) is 11.2. The lowest BCUT2D eigenvalue weighted by Crippen LogP contribution is -2.10. The molecule has 0 aromatic heterocycles. The molecule has 8 nitrogen and oxygen atoms in total. The fourth-order valence-corrected chi connectivity index (χ4v) is 2.84. The Bertz CT molecular complexity index is 883. The average Bonchev–Trinajstić information content (AvgIpc) is 2.53. The first-order valence-corrected chi connectivity index (χ1v) is 7.53. The number of hydrogen-bond donors (Lipinski definition) is 6. The fourth-order valence-electron chi connectivity index (χ4n) is 2.84. The van der Waals surface area contributed by atoms with Crippen molar-refractivity contribution in [2.45, 2.75) is 26.4 Å². The van der Waals surface area contributed by atoms with Crippen LogP contribution in [0.25, 0.3) is 11.1 Å². The van der Waals surface area contributed by atoms with Gasteiger partial charge in [-0.25, -0.2) is 9.59 Å². The minimum absolute atomic E-state index is 0.0977. The van der Waals surface area contributed by atoms with Gasteiger partial charge in [-0.05, 0) is 60.4 Å². The maximum atomic E-state index is 11.4. The van der Waals surface area contributed by atoms with E-state index in [0.29, 0.717) is 22.3 Å². The van der Waals surface area contributed by atoms with Crippen LogP contribution < -0.4 is 0 Å². The van der Waals surface area contributed by atoms with Crippen molar-refractivity contribution in [3.05, 3.63) is 57.6 Å². The van der Waals surface area contributed by atoms with Gasteiger partial charge in [-0.2, -0.15) is 0 Å². The van der Waals surface area contributed by atoms with E-state index in [1.165, 1.54) is 24.3 Å². The fraction of sp³-hybridized carbons (Fsp3) is 0.222. The molecule has 0 atom stereocenters. The van der Waals surface area contributed by atoms with E-state index in [-0.39, 0.29) is 16.7 Å². The maximum Gasteiger partial charge on any atom is 0.336 e. The van der Waals surface area contributed by atoms with Gasteiger partial charge in [0.25, 0.3) is 0 Å². The second-order valence-electron chi connectivity index (χ2n) is 5.87. The third kappa shape index (κ3) is 3.58. The molecule has 0 radical (unpaired) electrons. The quantitative estimate of drug-likeness (QED) is 0.435. The molecule has 0 saturated carbocycles. The molecule has 138 valence electrons. The molecule has 26 heavy (non-hydrogen) atoms. The van der Waals surface area contributed by atoms with Crippen LogP contribution in [0, 0.1) is 13.8 Å². The minimum atomic E-state index is -1.98. The molecule has 0 aliphatic carbocycles. The molecule has 2 rings (SSSR count). The van der Waals surface area contributed by atoms with Gasteiger partial charge >= 0.3 is 11.9 Å². The number of aliphatic hydroxyl groups is 4. The van der Waals surface area contributed by atoms with Crippen LogP contribution in [0.15, 0.2) is 24.3 Å². The zero-order chi connectivity index (χ0) is 19.8. The number of carbonyl (C=O) groups is 2. The Labute approximate surface area is 148 Å². The van der Waals surface area contributed by atoms with Crippen molar-refractivity contribution < 1.29 is 40.2 Å². The second-order valence-corrected chi connectivity index (χ2v) is 5.87. The second kappa shape index (κ2) is 7.22. The highest BCUT2D eigenvalue weighted by Crippen LogP contribution is 2.34. The van der Waals surface area contributed by atoms with Crippen molar-refractivity contribution in [1.29, 1.82) is 0 Å². The number of benzene rings is 2. The van der Waals surface area contributed by atoms with Crippen molar-refractivity contribution in [1.82, 2.24) is 0 Å². The molecule has 0 aliphatic rings. The Morgan fingerprint density at radius 3 is 1.54 bits per heavy atom. The van der Waals surface area contributed by atoms with Gasteiger partial charge in [0.2, 0.25) is 0 Å². The molecule has 2 aromatic carbocycles. The van der Waals surface area contributed by atoms with Crippen molar-refractivity contribution in [3.8, 4) is 11.1 Å². The molecule has 0 aliphatic heterocycles. The summed E-state index contributed by atoms with van der Waals surface area (Å²) < 4.78 is 0. The van der Waals surface area contributed by atoms with Gasteiger partial charge in [0.05, 0.1) is 11.1 Å². The molecule has 8 heteroatoms. The van der Waals surface area contributed by atoms with Gasteiger partial charge < -0.3 is 30.6 Å². The third-order valence-electron chi connectivity index (χ3n) is 4.10. The zero-order valence-corrected chi connectivity index (χ0v) is 14.0. The van der Waals surface area contributed by atoms with E-state index in [1.54, 1.807) is 13.8 Å². The number of carboxylic acid groups (broad SMARTS) is 2. The van der Waals surface area contributed by atoms with Crippen LogP contribution in [0.1, 0.15) is 55.5 Å². The molecular formula is C18H18O8. The van der Waals surface area contributed by atoms with Crippen LogP contribution in [0.5, 0.6) is 0 Å². The molecule has 0 bridgehead atoms. The SMILES string of the molecule is Cc1cc(C(=O)O)c(C(=O)O)cc1-c1cc(C(O)O)c(C(O)O)cc1C. The largest absolute Gasteiger partial charge is 0.478 e. The average molecular weight is 362 g/mol. The molecule has 6 N–H and O–H groups in total. The Balaban J connectivity index is 2.80. The number of carboxylic acids is 2. The van der Waals surface area contributed by atoms with Crippen LogP contribution in [-0.4, -0.2) is 42.6 Å². The molecule has 0 spiro atoms. The van der Waals surface area contributed by atoms with Crippen LogP contribution in [0.4, 0.5) is 0 Å². The van der Waals surface area contributed by atoms with E-state index >= 15 is 0 Å². The summed E-state index contributed by atoms with van der Waals surface area (Å²) in [5, 5.41) is 56.3. The van der Waals surface area contributed by atoms with E-state index in [9.17, 15) is 40.2 Å². The van der Waals surface area contributed by atoms with E-state index in [1.807, 2.05) is 0 Å². The summed E-state index contributed by atoms with van der Waals surface area (Å²) in [5.74, 6) is -2.79. The lowest BCUT2D eigenvalue weighted by Gasteiger charge is -2.19. The monoisotopic (exact) mass is 362 g/mol. The first-order valence-electron chi connectivity index (χ1n) is 7.53. The van der Waals surface area contributed by atoms with Gasteiger partial charge in [0.15, 0.2) is 12.6 Å². The van der Waals surface area contributed by atoms with E-state index < -0.39 is 30.1 Å². The Morgan fingerprint density at radius 1 is 0.692 bits per heavy atom. The topological polar surface area (TPSA) is 156 Å². The maximum absolute atomic E-state index is 11.4. The number of aryl methyl sites for hydroxylation is 2. The Kier molecular flexibility index (Phi) is 5.43. The number of aromatic carboxylic acids is 2. The standard InChI is InChI=1S/C18H18O8/c1-7-3-11(15(19)20)13(17(23)24)5-9(7)10-6-14(18(25)26)12(16(21)22)4-8(10)2/h3-6,15,17,19-20,23-24H,1-2H3,(H,21,22)(H,25,26). The summed E-state index contributed by atoms with van der Waals surface area (Å²) in [6.07, 6.45) is -3.91. The first kappa shape index (κ1) is 19.5. The Hall–Kier alpha value is -2.78. The smallest absolute Gasteiger partial charge is 0.336 e. The highest BCUT2D eigenvalue weighted by Gasteiger charge is 2.22. The minimum Gasteiger partial charge on any atom is -0.478 e. The van der Waals surface area contributed by atoms with Crippen molar-refractivity contribution >= 4 is 11.9 Å². The van der Waals surface area contributed by atoms with Crippen molar-refractivity contribution in [2.24, 2.45) is 0 Å². The lowest BCUT2D eigenvalue weighted by molar-refractivity contribution is -0.0634. The molecule has 0 saturated heterocycles. The molecule has 0 heterocycles. The number of hydrogen-bond acceptors (Lipinski definition) is 6. The van der Waals surface area contributed by atoms with E-state index in [2.05, 4.69) is 0 Å². The summed E-state index contributed by atoms with van der Waals surface area (Å²) in [6, 6.07) is 5.08. The highest BCUT2D eigenvalue weighted by atomic mass is 16.5. The van der Waals surface area contributed by atoms with Gasteiger partial charge in [-0.15, -0.1) is 0 Å². The van der Waals surface area contributed by atoms with Crippen molar-refractivity contribution in [2.75, 3.05) is 0 Å². The van der Waals surface area contributed by atoms with Crippen LogP contribution >= 0.6 is 0 Å². The Morgan fingerprint density at radius 2 is 1.08 bits per heavy atom. The summed E-state index contributed by atoms with van der Waals surface area (Å²) >= 11 is 0. The first-order chi connectivity index (χ1) is 12.0. The number of rotatable bonds is 5. The van der Waals surface area contributed by atoms with Crippen LogP contribution in [-0.2, 0) is 0 Å². The molecule has 0 unspecified atom stereocenters. The zero-order valence-electron chi connectivity index (χ0n) is 14.0. The van der Waals surface area contributed by atoms with Crippen LogP contribution in [0.3, 0.4) is 0 Å². The molecule has 0 amide bonds. The summed E-state index contributed by atoms with van der Waals surface area (Å²) in [4.78, 5) is 22.7. The van der Waals surface area contributed by atoms with E-state index in [4.69, 9.17) is 0 Å². The third-order valence-corrected chi connectivity index (χ3v) is 4.10. The van der Waals surface area contributed by atoms with Gasteiger partial charge in [0, 0.05) is 11.1 Å². The van der Waals surface area contributed by atoms with Crippen LogP contribution in [0.2, 0.25) is 0 Å². The number of aliphatic hydroxyl groups excluding tert-OH is 2.